The molecule has 0 radical (unpaired) electrons. The highest BCUT2D eigenvalue weighted by atomic mass is 16.5. The third-order valence-electron chi connectivity index (χ3n) is 2.72. The Morgan fingerprint density at radius 2 is 2.06 bits per heavy atom. The van der Waals surface area contributed by atoms with Gasteiger partial charge in [-0.2, -0.15) is 0 Å². The minimum Gasteiger partial charge on any atom is -0.465 e. The molecule has 0 aliphatic heterocycles. The number of rotatable bonds is 5. The maximum Gasteiger partial charge on any atom is 0.311 e. The van der Waals surface area contributed by atoms with E-state index < -0.39 is 5.41 Å². The molecular formula is C15H23NO2. The van der Waals surface area contributed by atoms with Crippen molar-refractivity contribution in [3.05, 3.63) is 29.6 Å². The summed E-state index contributed by atoms with van der Waals surface area (Å²) in [6.07, 6.45) is 2.48. The summed E-state index contributed by atoms with van der Waals surface area (Å²) in [4.78, 5) is 16.2. The van der Waals surface area contributed by atoms with Crippen LogP contribution in [0.1, 0.15) is 39.0 Å². The van der Waals surface area contributed by atoms with Crippen LogP contribution in [0.2, 0.25) is 0 Å². The number of hydrogen-bond acceptors (Lipinski definition) is 3. The molecule has 18 heavy (non-hydrogen) atoms. The number of pyridine rings is 1. The van der Waals surface area contributed by atoms with Gasteiger partial charge in [-0.1, -0.05) is 19.9 Å². The standard InChI is InChI=1S/C15H23NO2/c1-11(2)10-18-14(17)15(4,5)8-13-7-6-12(3)16-9-13/h6-7,9,11H,8,10H2,1-5H3. The minimum atomic E-state index is -0.508. The number of hydrogen-bond donors (Lipinski definition) is 0. The van der Waals surface area contributed by atoms with Gasteiger partial charge in [0.2, 0.25) is 0 Å². The maximum absolute atomic E-state index is 12.0. The quantitative estimate of drug-likeness (QED) is 0.752. The van der Waals surface area contributed by atoms with E-state index in [1.807, 2.05) is 52.9 Å². The first-order valence-electron chi connectivity index (χ1n) is 6.40. The van der Waals surface area contributed by atoms with Crippen LogP contribution in [0.5, 0.6) is 0 Å². The SMILES string of the molecule is Cc1ccc(CC(C)(C)C(=O)OCC(C)C)cn1. The van der Waals surface area contributed by atoms with E-state index in [9.17, 15) is 4.79 Å². The van der Waals surface area contributed by atoms with E-state index in [0.29, 0.717) is 18.9 Å². The summed E-state index contributed by atoms with van der Waals surface area (Å²) in [5, 5.41) is 0. The van der Waals surface area contributed by atoms with E-state index in [2.05, 4.69) is 4.98 Å². The van der Waals surface area contributed by atoms with Crippen molar-refractivity contribution in [2.24, 2.45) is 11.3 Å². The van der Waals surface area contributed by atoms with Gasteiger partial charge >= 0.3 is 5.97 Å². The van der Waals surface area contributed by atoms with Crippen molar-refractivity contribution in [1.29, 1.82) is 0 Å². The van der Waals surface area contributed by atoms with Gasteiger partial charge in [-0.25, -0.2) is 0 Å². The number of carbonyl (C=O) groups is 1. The second kappa shape index (κ2) is 5.98. The lowest BCUT2D eigenvalue weighted by atomic mass is 9.86. The van der Waals surface area contributed by atoms with Crippen LogP contribution < -0.4 is 0 Å². The molecule has 1 aromatic rings. The van der Waals surface area contributed by atoms with Gasteiger partial charge in [0, 0.05) is 11.9 Å². The molecule has 1 aromatic heterocycles. The first-order chi connectivity index (χ1) is 8.31. The third kappa shape index (κ3) is 4.47. The first kappa shape index (κ1) is 14.7. The molecule has 0 fully saturated rings. The predicted molar refractivity (Wildman–Crippen MR) is 72.3 cm³/mol. The van der Waals surface area contributed by atoms with Crippen LogP contribution in [-0.2, 0) is 16.0 Å². The molecule has 0 saturated carbocycles. The summed E-state index contributed by atoms with van der Waals surface area (Å²) in [5.41, 5.74) is 1.54. The third-order valence-corrected chi connectivity index (χ3v) is 2.72. The van der Waals surface area contributed by atoms with Gasteiger partial charge in [0.25, 0.3) is 0 Å². The van der Waals surface area contributed by atoms with Crippen molar-refractivity contribution >= 4 is 5.97 Å². The van der Waals surface area contributed by atoms with Crippen molar-refractivity contribution in [3.63, 3.8) is 0 Å². The van der Waals surface area contributed by atoms with Crippen molar-refractivity contribution in [3.8, 4) is 0 Å². The van der Waals surface area contributed by atoms with E-state index in [1.54, 1.807) is 0 Å². The molecule has 0 aliphatic rings. The Bertz CT molecular complexity index is 393. The number of carbonyl (C=O) groups excluding carboxylic acids is 1. The van der Waals surface area contributed by atoms with Gasteiger partial charge in [-0.05, 0) is 44.7 Å². The highest BCUT2D eigenvalue weighted by Crippen LogP contribution is 2.23. The highest BCUT2D eigenvalue weighted by molar-refractivity contribution is 5.76. The van der Waals surface area contributed by atoms with Gasteiger partial charge < -0.3 is 4.74 Å². The van der Waals surface area contributed by atoms with Crippen LogP contribution in [0, 0.1) is 18.3 Å². The number of ether oxygens (including phenoxy) is 1. The fraction of sp³-hybridized carbons (Fsp3) is 0.600. The van der Waals surface area contributed by atoms with Gasteiger partial charge in [0.05, 0.1) is 12.0 Å². The topological polar surface area (TPSA) is 39.2 Å². The molecule has 0 aromatic carbocycles. The van der Waals surface area contributed by atoms with Gasteiger partial charge in [-0.15, -0.1) is 0 Å². The molecule has 0 atom stereocenters. The van der Waals surface area contributed by atoms with Crippen LogP contribution in [0.3, 0.4) is 0 Å². The molecule has 3 heteroatoms. The summed E-state index contributed by atoms with van der Waals surface area (Å²) in [5.74, 6) is 0.225. The van der Waals surface area contributed by atoms with Gasteiger partial charge in [0.15, 0.2) is 0 Å². The monoisotopic (exact) mass is 249 g/mol. The smallest absolute Gasteiger partial charge is 0.311 e. The number of esters is 1. The van der Waals surface area contributed by atoms with E-state index >= 15 is 0 Å². The molecule has 0 saturated heterocycles. The zero-order valence-corrected chi connectivity index (χ0v) is 12.0. The summed E-state index contributed by atoms with van der Waals surface area (Å²) in [7, 11) is 0. The molecular weight excluding hydrogens is 226 g/mol. The first-order valence-corrected chi connectivity index (χ1v) is 6.40. The van der Waals surface area contributed by atoms with E-state index in [4.69, 9.17) is 4.74 Å². The second-order valence-corrected chi connectivity index (χ2v) is 5.86. The Labute approximate surface area is 110 Å². The normalized spacial score (nSPS) is 11.7. The predicted octanol–water partition coefficient (Wildman–Crippen LogP) is 3.16. The van der Waals surface area contributed by atoms with Crippen molar-refractivity contribution in [2.75, 3.05) is 6.61 Å². The van der Waals surface area contributed by atoms with Crippen LogP contribution in [0.15, 0.2) is 18.3 Å². The largest absolute Gasteiger partial charge is 0.465 e. The van der Waals surface area contributed by atoms with E-state index in [0.717, 1.165) is 11.3 Å². The Hall–Kier alpha value is -1.38. The molecule has 1 rings (SSSR count). The summed E-state index contributed by atoms with van der Waals surface area (Å²) in [6, 6.07) is 3.98. The average Bonchev–Trinajstić information content (AvgIpc) is 2.28. The molecule has 0 unspecified atom stereocenters. The highest BCUT2D eigenvalue weighted by Gasteiger charge is 2.29. The Balaban J connectivity index is 2.63. The molecule has 0 amide bonds. The molecule has 1 heterocycles. The van der Waals surface area contributed by atoms with Crippen LogP contribution in [-0.4, -0.2) is 17.6 Å². The second-order valence-electron chi connectivity index (χ2n) is 5.86. The zero-order chi connectivity index (χ0) is 13.8. The fourth-order valence-electron chi connectivity index (χ4n) is 1.62. The molecule has 0 N–H and O–H groups in total. The zero-order valence-electron chi connectivity index (χ0n) is 12.0. The maximum atomic E-state index is 12.0. The lowest BCUT2D eigenvalue weighted by Crippen LogP contribution is -2.30. The van der Waals surface area contributed by atoms with Crippen LogP contribution in [0.25, 0.3) is 0 Å². The van der Waals surface area contributed by atoms with Gasteiger partial charge in [-0.3, -0.25) is 9.78 Å². The number of aromatic nitrogens is 1. The number of nitrogens with zero attached hydrogens (tertiary/aromatic N) is 1. The number of aryl methyl sites for hydroxylation is 1. The molecule has 3 nitrogen and oxygen atoms in total. The summed E-state index contributed by atoms with van der Waals surface area (Å²) >= 11 is 0. The molecule has 0 bridgehead atoms. The lowest BCUT2D eigenvalue weighted by molar-refractivity contribution is -0.155. The van der Waals surface area contributed by atoms with Crippen LogP contribution in [0.4, 0.5) is 0 Å². The van der Waals surface area contributed by atoms with Crippen LogP contribution >= 0.6 is 0 Å². The average molecular weight is 249 g/mol. The van der Waals surface area contributed by atoms with Crippen molar-refractivity contribution in [2.45, 2.75) is 41.0 Å². The fourth-order valence-corrected chi connectivity index (χ4v) is 1.62. The molecule has 0 aliphatic carbocycles. The Kier molecular flexibility index (Phi) is 4.88. The molecule has 0 spiro atoms. The summed E-state index contributed by atoms with van der Waals surface area (Å²) < 4.78 is 5.30. The minimum absolute atomic E-state index is 0.142. The Morgan fingerprint density at radius 3 is 2.56 bits per heavy atom. The van der Waals surface area contributed by atoms with Crippen molar-refractivity contribution in [1.82, 2.24) is 4.98 Å². The van der Waals surface area contributed by atoms with E-state index in [1.165, 1.54) is 0 Å². The lowest BCUT2D eigenvalue weighted by Gasteiger charge is -2.23. The summed E-state index contributed by atoms with van der Waals surface area (Å²) in [6.45, 7) is 10.3. The van der Waals surface area contributed by atoms with Crippen molar-refractivity contribution < 1.29 is 9.53 Å². The Morgan fingerprint density at radius 1 is 1.39 bits per heavy atom. The van der Waals surface area contributed by atoms with Gasteiger partial charge in [0.1, 0.15) is 0 Å². The molecule has 100 valence electrons. The van der Waals surface area contributed by atoms with E-state index in [-0.39, 0.29) is 5.97 Å².